The number of aliphatic carboxylic acids is 1. The summed E-state index contributed by atoms with van der Waals surface area (Å²) in [4.78, 5) is 28.8. The molecule has 0 atom stereocenters. The van der Waals surface area contributed by atoms with Gasteiger partial charge < -0.3 is 24.8 Å². The number of nitrogens with zero attached hydrogens (tertiary/aromatic N) is 1. The Balaban J connectivity index is 0. The topological polar surface area (TPSA) is 88.4 Å². The van der Waals surface area contributed by atoms with E-state index in [0.717, 1.165) is 19.1 Å². The summed E-state index contributed by atoms with van der Waals surface area (Å²) in [7, 11) is 0. The van der Waals surface area contributed by atoms with Crippen molar-refractivity contribution in [3.05, 3.63) is 17.5 Å². The summed E-state index contributed by atoms with van der Waals surface area (Å²) in [6, 6.07) is 0. The quantitative estimate of drug-likeness (QED) is 0.401. The summed E-state index contributed by atoms with van der Waals surface area (Å²) in [6.07, 6.45) is 2.28. The first-order valence-electron chi connectivity index (χ1n) is 2.67. The fourth-order valence-electron chi connectivity index (χ4n) is 0.326. The first-order valence-corrected chi connectivity index (χ1v) is 2.67. The van der Waals surface area contributed by atoms with Crippen LogP contribution >= 0.6 is 0 Å². The van der Waals surface area contributed by atoms with Crippen LogP contribution in [0.1, 0.15) is 6.92 Å². The van der Waals surface area contributed by atoms with E-state index in [0.29, 0.717) is 0 Å². The van der Waals surface area contributed by atoms with Crippen molar-refractivity contribution < 1.29 is 47.2 Å². The number of hydrogen-bond acceptors (Lipinski definition) is 4. The van der Waals surface area contributed by atoms with Gasteiger partial charge in [-0.15, -0.1) is 0 Å². The fourth-order valence-corrected chi connectivity index (χ4v) is 0.326. The molecule has 0 aromatic heterocycles. The van der Waals surface area contributed by atoms with Crippen LogP contribution in [-0.2, 0) is 42.1 Å². The molecular formula is C6H5HgNO4. The second-order valence-corrected chi connectivity index (χ2v) is 1.61. The molecule has 0 unspecified atom stereocenters. The van der Waals surface area contributed by atoms with Gasteiger partial charge in [0.1, 0.15) is 0 Å². The molecule has 0 aromatic carbocycles. The van der Waals surface area contributed by atoms with Crippen molar-refractivity contribution in [1.29, 1.82) is 0 Å². The van der Waals surface area contributed by atoms with Crippen molar-refractivity contribution in [3.63, 3.8) is 0 Å². The Morgan fingerprint density at radius 1 is 1.33 bits per heavy atom. The molecule has 5 nitrogen and oxygen atoms in total. The molecule has 1 heterocycles. The molecule has 1 aliphatic heterocycles. The maximum atomic E-state index is 9.98. The Bertz CT molecular complexity index is 204. The summed E-state index contributed by atoms with van der Waals surface area (Å²) in [6.45, 7) is 0.972. The van der Waals surface area contributed by atoms with Crippen molar-refractivity contribution in [1.82, 2.24) is 0 Å². The molecule has 2 amide bonds. The number of rotatable bonds is 0. The summed E-state index contributed by atoms with van der Waals surface area (Å²) in [5.74, 6) is -1.99. The van der Waals surface area contributed by atoms with Crippen molar-refractivity contribution in [2.24, 2.45) is 0 Å². The molecule has 0 aromatic rings. The third kappa shape index (κ3) is 9.29. The largest absolute Gasteiger partial charge is 2.00 e. The Morgan fingerprint density at radius 2 is 1.58 bits per heavy atom. The van der Waals surface area contributed by atoms with Gasteiger partial charge in [0.05, 0.1) is 11.8 Å². The summed E-state index contributed by atoms with van der Waals surface area (Å²) in [5, 5.41) is 11.9. The van der Waals surface area contributed by atoms with Gasteiger partial charge in [-0.05, 0) is 19.1 Å². The van der Waals surface area contributed by atoms with Gasteiger partial charge in [-0.2, -0.15) is 0 Å². The molecule has 0 N–H and O–H groups in total. The number of carboxylic acids is 1. The molecule has 6 heteroatoms. The minimum Gasteiger partial charge on any atom is -0.589 e. The van der Waals surface area contributed by atoms with Crippen molar-refractivity contribution in [2.75, 3.05) is 0 Å². The number of carbonyl (C=O) groups is 3. The number of carbonyl (C=O) groups excluding carboxylic acids is 3. The van der Waals surface area contributed by atoms with Gasteiger partial charge in [0, 0.05) is 5.97 Å². The Kier molecular flexibility index (Phi) is 8.03. The fraction of sp³-hybridized carbons (Fsp3) is 0.167. The van der Waals surface area contributed by atoms with Gasteiger partial charge in [0.25, 0.3) is 0 Å². The molecule has 0 spiro atoms. The molecule has 0 saturated carbocycles. The molecule has 12 heavy (non-hydrogen) atoms. The number of carboxylic acid groups (broad SMARTS) is 1. The molecule has 0 bridgehead atoms. The van der Waals surface area contributed by atoms with Crippen molar-refractivity contribution in [2.45, 2.75) is 6.92 Å². The Labute approximate surface area is 89.3 Å². The van der Waals surface area contributed by atoms with Crippen LogP contribution in [0.3, 0.4) is 0 Å². The van der Waals surface area contributed by atoms with Crippen molar-refractivity contribution in [3.8, 4) is 0 Å². The summed E-state index contributed by atoms with van der Waals surface area (Å²) in [5.41, 5.74) is 0. The zero-order valence-corrected chi connectivity index (χ0v) is 11.9. The average molecular weight is 356 g/mol. The van der Waals surface area contributed by atoms with Crippen LogP contribution in [0.25, 0.3) is 5.32 Å². The van der Waals surface area contributed by atoms with Gasteiger partial charge in [0.15, 0.2) is 0 Å². The number of imide groups is 1. The third-order valence-electron chi connectivity index (χ3n) is 0.589. The van der Waals surface area contributed by atoms with E-state index in [4.69, 9.17) is 9.90 Å². The van der Waals surface area contributed by atoms with E-state index in [9.17, 15) is 9.59 Å². The van der Waals surface area contributed by atoms with E-state index < -0.39 is 17.8 Å². The molecule has 0 saturated heterocycles. The third-order valence-corrected chi connectivity index (χ3v) is 0.589. The molecule has 1 aliphatic rings. The van der Waals surface area contributed by atoms with Crippen LogP contribution in [0.4, 0.5) is 0 Å². The second-order valence-electron chi connectivity index (χ2n) is 1.61. The van der Waals surface area contributed by atoms with Gasteiger partial charge in [-0.3, -0.25) is 0 Å². The number of amides is 2. The van der Waals surface area contributed by atoms with Gasteiger partial charge in [-0.1, -0.05) is 0 Å². The molecular weight excluding hydrogens is 351 g/mol. The van der Waals surface area contributed by atoms with E-state index in [-0.39, 0.29) is 27.7 Å². The van der Waals surface area contributed by atoms with Crippen LogP contribution in [-0.4, -0.2) is 17.8 Å². The van der Waals surface area contributed by atoms with Crippen LogP contribution in [0.5, 0.6) is 0 Å². The van der Waals surface area contributed by atoms with E-state index in [2.05, 4.69) is 5.32 Å². The average Bonchev–Trinajstić information content (AvgIpc) is 2.13. The van der Waals surface area contributed by atoms with Crippen LogP contribution in [0.15, 0.2) is 12.2 Å². The van der Waals surface area contributed by atoms with Gasteiger partial charge in [-0.25, -0.2) is 0 Å². The first kappa shape index (κ1) is 13.8. The normalized spacial score (nSPS) is 12.4. The minimum atomic E-state index is -1.08. The van der Waals surface area contributed by atoms with E-state index in [1.165, 1.54) is 0 Å². The van der Waals surface area contributed by atoms with Crippen LogP contribution < -0.4 is 5.11 Å². The molecule has 60 valence electrons. The van der Waals surface area contributed by atoms with E-state index in [1.54, 1.807) is 0 Å². The zero-order chi connectivity index (χ0) is 8.85. The summed E-state index contributed by atoms with van der Waals surface area (Å²) >= 11 is 0. The predicted molar refractivity (Wildman–Crippen MR) is 33.2 cm³/mol. The van der Waals surface area contributed by atoms with Crippen molar-refractivity contribution >= 4 is 17.8 Å². The Hall–Kier alpha value is -0.715. The molecule has 0 fully saturated rings. The summed E-state index contributed by atoms with van der Waals surface area (Å²) < 4.78 is 0. The maximum absolute atomic E-state index is 9.98. The molecule has 0 aliphatic carbocycles. The number of hydrogen-bond donors (Lipinski definition) is 0. The smallest absolute Gasteiger partial charge is 0.589 e. The maximum Gasteiger partial charge on any atom is 2.00 e. The second kappa shape index (κ2) is 6.96. The monoisotopic (exact) mass is 357 g/mol. The van der Waals surface area contributed by atoms with Gasteiger partial charge in [0.2, 0.25) is 0 Å². The SMILES string of the molecule is CC(=O)[O-].O=C1C=CC(=O)[N-]1.[Hg+2]. The van der Waals surface area contributed by atoms with Crippen LogP contribution in [0, 0.1) is 0 Å². The van der Waals surface area contributed by atoms with Gasteiger partial charge >= 0.3 is 27.7 Å². The first-order chi connectivity index (χ1) is 5.02. The predicted octanol–water partition coefficient (Wildman–Crippen LogP) is -1.26. The molecule has 0 radical (unpaired) electrons. The molecule has 1 rings (SSSR count). The zero-order valence-electron chi connectivity index (χ0n) is 6.44. The standard InChI is InChI=1S/C4H3NO2.C2H4O2.Hg/c6-3-1-2-4(7)5-3;1-2(3)4;/h1-2H,(H,5,6,7);1H3,(H,3,4);/q;;+2/p-2. The van der Waals surface area contributed by atoms with E-state index >= 15 is 0 Å². The Morgan fingerprint density at radius 3 is 1.67 bits per heavy atom. The minimum absolute atomic E-state index is 0. The van der Waals surface area contributed by atoms with E-state index in [1.807, 2.05) is 0 Å². The van der Waals surface area contributed by atoms with Crippen LogP contribution in [0.2, 0.25) is 0 Å².